The van der Waals surface area contributed by atoms with Gasteiger partial charge in [0.1, 0.15) is 5.82 Å². The molecule has 1 saturated heterocycles. The Hall–Kier alpha value is -1.91. The molecule has 2 aromatic carbocycles. The minimum absolute atomic E-state index is 0.0927. The van der Waals surface area contributed by atoms with Gasteiger partial charge in [-0.1, -0.05) is 37.3 Å². The zero-order valence-corrected chi connectivity index (χ0v) is 15.2. The molecule has 1 aliphatic heterocycles. The van der Waals surface area contributed by atoms with E-state index in [9.17, 15) is 4.39 Å². The topological polar surface area (TPSA) is 18.5 Å². The third kappa shape index (κ3) is 4.59. The molecular formula is C21H28FN3. The van der Waals surface area contributed by atoms with Crippen LogP contribution >= 0.6 is 0 Å². The largest absolute Gasteiger partial charge is 0.369 e. The molecule has 1 unspecified atom stereocenters. The molecule has 0 saturated carbocycles. The van der Waals surface area contributed by atoms with E-state index in [-0.39, 0.29) is 11.9 Å². The Kier molecular flexibility index (Phi) is 6.05. The van der Waals surface area contributed by atoms with Gasteiger partial charge < -0.3 is 15.1 Å². The van der Waals surface area contributed by atoms with Crippen LogP contribution in [-0.4, -0.2) is 37.6 Å². The first kappa shape index (κ1) is 17.9. The van der Waals surface area contributed by atoms with Gasteiger partial charge in [-0.3, -0.25) is 0 Å². The number of halogens is 1. The molecule has 1 N–H and O–H groups in total. The molecule has 134 valence electrons. The SMILES string of the molecule is CCN1CCN(c2ccc(F)cc2C(C)NCc2ccccc2)CC1. The lowest BCUT2D eigenvalue weighted by molar-refractivity contribution is 0.271. The molecule has 3 nitrogen and oxygen atoms in total. The summed E-state index contributed by atoms with van der Waals surface area (Å²) in [5.41, 5.74) is 3.44. The number of anilines is 1. The fourth-order valence-electron chi connectivity index (χ4n) is 3.44. The highest BCUT2D eigenvalue weighted by atomic mass is 19.1. The summed E-state index contributed by atoms with van der Waals surface area (Å²) in [4.78, 5) is 4.85. The molecule has 0 aliphatic carbocycles. The van der Waals surface area contributed by atoms with Crippen molar-refractivity contribution in [3.63, 3.8) is 0 Å². The summed E-state index contributed by atoms with van der Waals surface area (Å²) in [5.74, 6) is -0.167. The number of nitrogens with zero attached hydrogens (tertiary/aromatic N) is 2. The Morgan fingerprint density at radius 1 is 1.04 bits per heavy atom. The van der Waals surface area contributed by atoms with E-state index in [4.69, 9.17) is 0 Å². The van der Waals surface area contributed by atoms with Gasteiger partial charge in [0.05, 0.1) is 0 Å². The highest BCUT2D eigenvalue weighted by Crippen LogP contribution is 2.28. The minimum Gasteiger partial charge on any atom is -0.369 e. The zero-order chi connectivity index (χ0) is 17.6. The fraction of sp³-hybridized carbons (Fsp3) is 0.429. The van der Waals surface area contributed by atoms with Gasteiger partial charge in [0.15, 0.2) is 0 Å². The van der Waals surface area contributed by atoms with Crippen LogP contribution in [0.5, 0.6) is 0 Å². The smallest absolute Gasteiger partial charge is 0.123 e. The molecular weight excluding hydrogens is 313 g/mol. The molecule has 3 rings (SSSR count). The van der Waals surface area contributed by atoms with Crippen LogP contribution in [0.4, 0.5) is 10.1 Å². The van der Waals surface area contributed by atoms with Gasteiger partial charge in [0.2, 0.25) is 0 Å². The molecule has 25 heavy (non-hydrogen) atoms. The Balaban J connectivity index is 1.72. The van der Waals surface area contributed by atoms with Gasteiger partial charge in [-0.05, 0) is 42.8 Å². The maximum absolute atomic E-state index is 13.9. The number of piperazine rings is 1. The predicted octanol–water partition coefficient (Wildman–Crippen LogP) is 3.82. The number of hydrogen-bond donors (Lipinski definition) is 1. The van der Waals surface area contributed by atoms with Crippen LogP contribution in [0.1, 0.15) is 31.0 Å². The minimum atomic E-state index is -0.167. The van der Waals surface area contributed by atoms with E-state index in [0.29, 0.717) is 0 Å². The van der Waals surface area contributed by atoms with Crippen molar-refractivity contribution in [1.29, 1.82) is 0 Å². The second-order valence-corrected chi connectivity index (χ2v) is 6.71. The summed E-state index contributed by atoms with van der Waals surface area (Å²) >= 11 is 0. The quantitative estimate of drug-likeness (QED) is 0.862. The van der Waals surface area contributed by atoms with Crippen LogP contribution in [0.2, 0.25) is 0 Å². The predicted molar refractivity (Wildman–Crippen MR) is 102 cm³/mol. The van der Waals surface area contributed by atoms with Crippen LogP contribution in [0.25, 0.3) is 0 Å². The first-order chi connectivity index (χ1) is 12.2. The van der Waals surface area contributed by atoms with E-state index in [1.165, 1.54) is 5.56 Å². The lowest BCUT2D eigenvalue weighted by Gasteiger charge is -2.37. The summed E-state index contributed by atoms with van der Waals surface area (Å²) in [6.07, 6.45) is 0. The number of hydrogen-bond acceptors (Lipinski definition) is 3. The van der Waals surface area contributed by atoms with Gasteiger partial charge in [0.25, 0.3) is 0 Å². The summed E-state index contributed by atoms with van der Waals surface area (Å²) in [6.45, 7) is 10.3. The Bertz CT molecular complexity index is 666. The molecule has 1 aliphatic rings. The molecule has 2 aromatic rings. The van der Waals surface area contributed by atoms with Crippen LogP contribution in [-0.2, 0) is 6.54 Å². The maximum atomic E-state index is 13.9. The Morgan fingerprint density at radius 3 is 2.44 bits per heavy atom. The number of likely N-dealkylation sites (N-methyl/N-ethyl adjacent to an activating group) is 1. The van der Waals surface area contributed by atoms with E-state index in [1.807, 2.05) is 24.3 Å². The molecule has 1 atom stereocenters. The highest BCUT2D eigenvalue weighted by Gasteiger charge is 2.20. The normalized spacial score (nSPS) is 16.8. The number of nitrogens with one attached hydrogen (secondary N) is 1. The van der Waals surface area contributed by atoms with Gasteiger partial charge in [0, 0.05) is 44.5 Å². The van der Waals surface area contributed by atoms with E-state index >= 15 is 0 Å². The van der Waals surface area contributed by atoms with E-state index in [0.717, 1.165) is 50.5 Å². The third-order valence-corrected chi connectivity index (χ3v) is 5.07. The Morgan fingerprint density at radius 2 is 1.76 bits per heavy atom. The summed E-state index contributed by atoms with van der Waals surface area (Å²) in [5, 5.41) is 3.54. The van der Waals surface area contributed by atoms with Crippen molar-refractivity contribution in [1.82, 2.24) is 10.2 Å². The molecule has 1 heterocycles. The zero-order valence-electron chi connectivity index (χ0n) is 15.2. The summed E-state index contributed by atoms with van der Waals surface area (Å²) in [6, 6.07) is 15.6. The number of rotatable bonds is 6. The molecule has 0 spiro atoms. The average Bonchev–Trinajstić information content (AvgIpc) is 2.67. The standard InChI is InChI=1S/C21H28FN3/c1-3-24-11-13-25(14-12-24)21-10-9-19(22)15-20(21)17(2)23-16-18-7-5-4-6-8-18/h4-10,15,17,23H,3,11-14,16H2,1-2H3. The van der Waals surface area contributed by atoms with Gasteiger partial charge in [-0.2, -0.15) is 0 Å². The first-order valence-corrected chi connectivity index (χ1v) is 9.21. The average molecular weight is 341 g/mol. The molecule has 0 radical (unpaired) electrons. The molecule has 0 bridgehead atoms. The van der Waals surface area contributed by atoms with E-state index in [2.05, 4.69) is 41.1 Å². The van der Waals surface area contributed by atoms with Crippen LogP contribution in [0.3, 0.4) is 0 Å². The third-order valence-electron chi connectivity index (χ3n) is 5.07. The number of benzene rings is 2. The monoisotopic (exact) mass is 341 g/mol. The van der Waals surface area contributed by atoms with Crippen LogP contribution in [0, 0.1) is 5.82 Å². The van der Waals surface area contributed by atoms with Crippen LogP contribution < -0.4 is 10.2 Å². The van der Waals surface area contributed by atoms with E-state index in [1.54, 1.807) is 12.1 Å². The van der Waals surface area contributed by atoms with Crippen molar-refractivity contribution in [3.05, 3.63) is 65.5 Å². The van der Waals surface area contributed by atoms with Crippen molar-refractivity contribution < 1.29 is 4.39 Å². The first-order valence-electron chi connectivity index (χ1n) is 9.21. The van der Waals surface area contributed by atoms with Crippen LogP contribution in [0.15, 0.2) is 48.5 Å². The lowest BCUT2D eigenvalue weighted by Crippen LogP contribution is -2.46. The molecule has 4 heteroatoms. The Labute approximate surface area is 150 Å². The second kappa shape index (κ2) is 8.45. The molecule has 0 amide bonds. The van der Waals surface area contributed by atoms with Crippen molar-refractivity contribution in [2.75, 3.05) is 37.6 Å². The fourth-order valence-corrected chi connectivity index (χ4v) is 3.44. The van der Waals surface area contributed by atoms with Crippen molar-refractivity contribution in [3.8, 4) is 0 Å². The van der Waals surface area contributed by atoms with Crippen molar-refractivity contribution in [2.24, 2.45) is 0 Å². The van der Waals surface area contributed by atoms with Gasteiger partial charge >= 0.3 is 0 Å². The summed E-state index contributed by atoms with van der Waals surface area (Å²) < 4.78 is 13.9. The second-order valence-electron chi connectivity index (χ2n) is 6.71. The van der Waals surface area contributed by atoms with Gasteiger partial charge in [-0.15, -0.1) is 0 Å². The molecule has 1 fully saturated rings. The summed E-state index contributed by atoms with van der Waals surface area (Å²) in [7, 11) is 0. The van der Waals surface area contributed by atoms with E-state index < -0.39 is 0 Å². The highest BCUT2D eigenvalue weighted by molar-refractivity contribution is 5.55. The van der Waals surface area contributed by atoms with Crippen molar-refractivity contribution in [2.45, 2.75) is 26.4 Å². The van der Waals surface area contributed by atoms with Crippen molar-refractivity contribution >= 4 is 5.69 Å². The lowest BCUT2D eigenvalue weighted by atomic mass is 10.0. The maximum Gasteiger partial charge on any atom is 0.123 e. The van der Waals surface area contributed by atoms with Gasteiger partial charge in [-0.25, -0.2) is 4.39 Å². The molecule has 0 aromatic heterocycles.